The van der Waals surface area contributed by atoms with Gasteiger partial charge in [0.2, 0.25) is 5.91 Å². The largest absolute Gasteiger partial charge is 0.494 e. The summed E-state index contributed by atoms with van der Waals surface area (Å²) < 4.78 is 23.1. The van der Waals surface area contributed by atoms with E-state index in [1.165, 1.54) is 32.3 Å². The molecular formula is C41H51ClFN9O4. The molecule has 1 saturated heterocycles. The number of nitrogens with one attached hydrogen (secondary N) is 4. The Balaban J connectivity index is 0.00000532. The number of piperazine rings is 1. The van der Waals surface area contributed by atoms with E-state index in [0.717, 1.165) is 38.6 Å². The Morgan fingerprint density at radius 1 is 1.04 bits per heavy atom. The molecule has 7 rings (SSSR count). The molecule has 4 N–H and O–H groups in total. The molecule has 2 aliphatic heterocycles. The molecule has 3 aliphatic rings. The van der Waals surface area contributed by atoms with E-state index < -0.39 is 23.4 Å². The molecular weight excluding hydrogens is 737 g/mol. The Morgan fingerprint density at radius 3 is 2.45 bits per heavy atom. The minimum atomic E-state index is -0.905. The van der Waals surface area contributed by atoms with Gasteiger partial charge >= 0.3 is 0 Å². The molecule has 4 heterocycles. The summed E-state index contributed by atoms with van der Waals surface area (Å²) in [5.41, 5.74) is 2.41. The quantitative estimate of drug-likeness (QED) is 0.139. The highest BCUT2D eigenvalue weighted by molar-refractivity contribution is 6.31. The number of fused-ring (bicyclic) bond motifs is 2. The number of ether oxygens (including phenoxy) is 1. The van der Waals surface area contributed by atoms with Gasteiger partial charge in [-0.2, -0.15) is 0 Å². The topological polar surface area (TPSA) is 146 Å². The van der Waals surface area contributed by atoms with Gasteiger partial charge in [0.05, 0.1) is 53.9 Å². The van der Waals surface area contributed by atoms with E-state index in [9.17, 15) is 14.4 Å². The number of anilines is 4. The van der Waals surface area contributed by atoms with Crippen LogP contribution in [0.15, 0.2) is 60.6 Å². The second-order valence-electron chi connectivity index (χ2n) is 15.8. The van der Waals surface area contributed by atoms with Crippen molar-refractivity contribution in [2.45, 2.75) is 59.2 Å². The highest BCUT2D eigenvalue weighted by Crippen LogP contribution is 2.37. The van der Waals surface area contributed by atoms with Gasteiger partial charge in [0.1, 0.15) is 23.7 Å². The number of halogens is 2. The van der Waals surface area contributed by atoms with E-state index in [1.54, 1.807) is 38.2 Å². The van der Waals surface area contributed by atoms with Gasteiger partial charge < -0.3 is 35.5 Å². The summed E-state index contributed by atoms with van der Waals surface area (Å²) in [6.07, 6.45) is 5.87. The number of carbonyl (C=O) groups is 3. The van der Waals surface area contributed by atoms with Crippen molar-refractivity contribution >= 4 is 69.4 Å². The molecule has 56 heavy (non-hydrogen) atoms. The van der Waals surface area contributed by atoms with Crippen molar-refractivity contribution in [1.29, 1.82) is 0 Å². The molecule has 0 spiro atoms. The fourth-order valence-corrected chi connectivity index (χ4v) is 7.32. The lowest BCUT2D eigenvalue weighted by Gasteiger charge is -2.36. The number of hydrogen-bond acceptors (Lipinski definition) is 10. The third kappa shape index (κ3) is 8.52. The SMILES string of the molecule is CN[C@@H](C)C(=O)N[C@H](C(=O)C1=C(C(=O)Nc2cc3c(Nc4ccc(N5CCN(CC6CC6)CC5)c(F)c4)ncnc3cc2OC)Cn2cccc21)C(C)(C)C.Cl. The Hall–Kier alpha value is -5.05. The first-order chi connectivity index (χ1) is 26.3. The van der Waals surface area contributed by atoms with Gasteiger partial charge in [0.25, 0.3) is 5.91 Å². The number of carbonyl (C=O) groups excluding carboxylic acids is 3. The van der Waals surface area contributed by atoms with Crippen LogP contribution in [0.1, 0.15) is 46.2 Å². The van der Waals surface area contributed by atoms with E-state index in [-0.39, 0.29) is 47.6 Å². The predicted molar refractivity (Wildman–Crippen MR) is 219 cm³/mol. The Kier molecular flexibility index (Phi) is 12.0. The highest BCUT2D eigenvalue weighted by Gasteiger charge is 2.40. The fourth-order valence-electron chi connectivity index (χ4n) is 7.32. The van der Waals surface area contributed by atoms with Gasteiger partial charge in [-0.05, 0) is 74.5 Å². The molecule has 0 radical (unpaired) electrons. The minimum Gasteiger partial charge on any atom is -0.494 e. The van der Waals surface area contributed by atoms with Crippen LogP contribution in [0.25, 0.3) is 16.5 Å². The van der Waals surface area contributed by atoms with Crippen LogP contribution >= 0.6 is 12.4 Å². The molecule has 15 heteroatoms. The van der Waals surface area contributed by atoms with Crippen LogP contribution in [0.4, 0.5) is 27.3 Å². The van der Waals surface area contributed by atoms with Crippen molar-refractivity contribution < 1.29 is 23.5 Å². The molecule has 13 nitrogen and oxygen atoms in total. The average Bonchev–Trinajstić information content (AvgIpc) is 3.73. The van der Waals surface area contributed by atoms with Crippen LogP contribution in [-0.2, 0) is 20.9 Å². The molecule has 2 aromatic heterocycles. The van der Waals surface area contributed by atoms with Crippen molar-refractivity contribution in [2.24, 2.45) is 11.3 Å². The monoisotopic (exact) mass is 787 g/mol. The molecule has 298 valence electrons. The number of amides is 2. The van der Waals surface area contributed by atoms with Crippen LogP contribution < -0.4 is 30.9 Å². The van der Waals surface area contributed by atoms with E-state index in [2.05, 4.69) is 41.0 Å². The van der Waals surface area contributed by atoms with Crippen molar-refractivity contribution in [1.82, 2.24) is 30.1 Å². The number of methoxy groups -OCH3 is 1. The van der Waals surface area contributed by atoms with Crippen LogP contribution in [0.2, 0.25) is 0 Å². The summed E-state index contributed by atoms with van der Waals surface area (Å²) in [7, 11) is 3.17. The van der Waals surface area contributed by atoms with Gasteiger partial charge in [-0.3, -0.25) is 19.3 Å². The molecule has 0 bridgehead atoms. The third-order valence-corrected chi connectivity index (χ3v) is 10.8. The van der Waals surface area contributed by atoms with Crippen molar-refractivity contribution in [3.05, 3.63) is 72.1 Å². The van der Waals surface area contributed by atoms with Crippen LogP contribution in [0.3, 0.4) is 0 Å². The smallest absolute Gasteiger partial charge is 0.254 e. The summed E-state index contributed by atoms with van der Waals surface area (Å²) >= 11 is 0. The highest BCUT2D eigenvalue weighted by atomic mass is 35.5. The van der Waals surface area contributed by atoms with E-state index in [4.69, 9.17) is 4.74 Å². The normalized spacial score (nSPS) is 16.9. The number of aromatic nitrogens is 3. The molecule has 4 aromatic rings. The lowest BCUT2D eigenvalue weighted by molar-refractivity contribution is -0.128. The van der Waals surface area contributed by atoms with Gasteiger partial charge in [-0.1, -0.05) is 20.8 Å². The van der Waals surface area contributed by atoms with Crippen LogP contribution in [0, 0.1) is 17.2 Å². The van der Waals surface area contributed by atoms with Crippen LogP contribution in [0.5, 0.6) is 5.75 Å². The van der Waals surface area contributed by atoms with Gasteiger partial charge in [0.15, 0.2) is 5.78 Å². The van der Waals surface area contributed by atoms with Gasteiger partial charge in [0, 0.05) is 61.6 Å². The Labute approximate surface area is 332 Å². The van der Waals surface area contributed by atoms with Gasteiger partial charge in [-0.25, -0.2) is 14.4 Å². The summed E-state index contributed by atoms with van der Waals surface area (Å²) in [5, 5.41) is 12.6. The standard InChI is InChI=1S/C41H50FN9O4.ClH/c1-24(43-5)39(53)48-37(41(2,3)4)36(52)35-28(22-51-13-7-8-33(35)51)40(54)47-31-19-27-30(20-34(31)55-6)44-23-45-38(27)46-26-11-12-32(29(42)18-26)50-16-14-49(15-17-50)21-25-9-10-25;/h7-8,11-13,18-20,23-25,37,43H,9-10,14-17,21-22H2,1-6H3,(H,47,54)(H,48,53)(H,44,45,46);1H/t24-,37+;/m0./s1. The Morgan fingerprint density at radius 2 is 1.79 bits per heavy atom. The number of hydrogen-bond donors (Lipinski definition) is 4. The molecule has 2 aromatic carbocycles. The van der Waals surface area contributed by atoms with Crippen molar-refractivity contribution in [3.63, 3.8) is 0 Å². The summed E-state index contributed by atoms with van der Waals surface area (Å²) in [6, 6.07) is 10.7. The first-order valence-electron chi connectivity index (χ1n) is 18.9. The molecule has 2 atom stereocenters. The zero-order chi connectivity index (χ0) is 39.0. The maximum absolute atomic E-state index is 15.6. The van der Waals surface area contributed by atoms with Gasteiger partial charge in [-0.15, -0.1) is 12.4 Å². The molecule has 1 aliphatic carbocycles. The number of ketones is 1. The summed E-state index contributed by atoms with van der Waals surface area (Å²) in [4.78, 5) is 55.1. The van der Waals surface area contributed by atoms with E-state index in [1.807, 2.05) is 43.7 Å². The first kappa shape index (κ1) is 40.6. The zero-order valence-corrected chi connectivity index (χ0v) is 33.6. The van der Waals surface area contributed by atoms with Crippen molar-refractivity contribution in [3.8, 4) is 5.75 Å². The minimum absolute atomic E-state index is 0. The zero-order valence-electron chi connectivity index (χ0n) is 32.7. The lowest BCUT2D eigenvalue weighted by atomic mass is 9.80. The maximum Gasteiger partial charge on any atom is 0.254 e. The fraction of sp³-hybridized carbons (Fsp3) is 0.439. The van der Waals surface area contributed by atoms with Crippen LogP contribution in [-0.4, -0.2) is 96.0 Å². The molecule has 2 fully saturated rings. The second-order valence-corrected chi connectivity index (χ2v) is 15.8. The third-order valence-electron chi connectivity index (χ3n) is 10.8. The summed E-state index contributed by atoms with van der Waals surface area (Å²) in [6.45, 7) is 12.1. The number of Topliss-reactive ketones (excluding diaryl/α,β-unsaturated/α-hetero) is 1. The number of nitrogens with zero attached hydrogens (tertiary/aromatic N) is 5. The molecule has 1 saturated carbocycles. The number of rotatable bonds is 13. The summed E-state index contributed by atoms with van der Waals surface area (Å²) in [5.74, 6) is 0.109. The number of likely N-dealkylation sites (N-methyl/N-ethyl adjacent to an activating group) is 1. The predicted octanol–water partition coefficient (Wildman–Crippen LogP) is 5.39. The molecule has 0 unspecified atom stereocenters. The van der Waals surface area contributed by atoms with Crippen molar-refractivity contribution in [2.75, 3.05) is 62.4 Å². The average molecular weight is 788 g/mol. The second kappa shape index (κ2) is 16.6. The van der Waals surface area contributed by atoms with E-state index >= 15 is 4.39 Å². The Bertz CT molecular complexity index is 2150. The molecule has 2 amide bonds. The first-order valence-corrected chi connectivity index (χ1v) is 18.9. The maximum atomic E-state index is 15.6. The lowest BCUT2D eigenvalue weighted by Crippen LogP contribution is -2.53. The number of benzene rings is 2. The van der Waals surface area contributed by atoms with E-state index in [0.29, 0.717) is 45.2 Å².